The van der Waals surface area contributed by atoms with Crippen LogP contribution in [0.15, 0.2) is 0 Å². The fraction of sp³-hybridized carbons (Fsp3) is 0.733. The minimum Gasteiger partial charge on any atom is -0.383 e. The number of nitrogen functional groups attached to an aromatic ring is 1. The first-order chi connectivity index (χ1) is 9.04. The molecule has 0 atom stereocenters. The number of rotatable bonds is 4. The van der Waals surface area contributed by atoms with Crippen molar-refractivity contribution in [1.82, 2.24) is 9.97 Å². The third-order valence-corrected chi connectivity index (χ3v) is 4.29. The van der Waals surface area contributed by atoms with Crippen molar-refractivity contribution in [1.29, 1.82) is 0 Å². The van der Waals surface area contributed by atoms with E-state index in [9.17, 15) is 0 Å². The predicted molar refractivity (Wildman–Crippen MR) is 80.2 cm³/mol. The summed E-state index contributed by atoms with van der Waals surface area (Å²) in [6.07, 6.45) is 7.51. The molecule has 1 aliphatic carbocycles. The van der Waals surface area contributed by atoms with Gasteiger partial charge in [0.25, 0.3) is 0 Å². The van der Waals surface area contributed by atoms with Crippen molar-refractivity contribution in [2.45, 2.75) is 59.3 Å². The van der Waals surface area contributed by atoms with Crippen molar-refractivity contribution in [2.75, 3.05) is 17.6 Å². The fourth-order valence-corrected chi connectivity index (χ4v) is 2.79. The molecule has 0 amide bonds. The molecule has 3 N–H and O–H groups in total. The van der Waals surface area contributed by atoms with Gasteiger partial charge >= 0.3 is 0 Å². The number of anilines is 2. The molecular weight excluding hydrogens is 236 g/mol. The molecule has 1 saturated carbocycles. The van der Waals surface area contributed by atoms with Crippen LogP contribution in [0.3, 0.4) is 0 Å². The fourth-order valence-electron chi connectivity index (χ4n) is 2.79. The van der Waals surface area contributed by atoms with Crippen molar-refractivity contribution in [3.63, 3.8) is 0 Å². The van der Waals surface area contributed by atoms with Crippen molar-refractivity contribution in [2.24, 2.45) is 5.41 Å². The molecule has 0 aromatic carbocycles. The Hall–Kier alpha value is -1.32. The van der Waals surface area contributed by atoms with Gasteiger partial charge in [-0.15, -0.1) is 0 Å². The molecule has 1 aromatic heterocycles. The van der Waals surface area contributed by atoms with Gasteiger partial charge in [0.2, 0.25) is 0 Å². The maximum atomic E-state index is 5.95. The van der Waals surface area contributed by atoms with E-state index in [4.69, 9.17) is 5.73 Å². The van der Waals surface area contributed by atoms with E-state index in [2.05, 4.69) is 29.1 Å². The topological polar surface area (TPSA) is 63.8 Å². The molecule has 0 saturated heterocycles. The van der Waals surface area contributed by atoms with Crippen LogP contribution in [0.2, 0.25) is 0 Å². The van der Waals surface area contributed by atoms with E-state index in [1.165, 1.54) is 32.1 Å². The highest BCUT2D eigenvalue weighted by Crippen LogP contribution is 2.36. The van der Waals surface area contributed by atoms with Crippen LogP contribution in [-0.2, 0) is 6.42 Å². The van der Waals surface area contributed by atoms with E-state index in [1.54, 1.807) is 0 Å². The van der Waals surface area contributed by atoms with Gasteiger partial charge in [0.05, 0.1) is 0 Å². The maximum Gasteiger partial charge on any atom is 0.134 e. The van der Waals surface area contributed by atoms with Crippen molar-refractivity contribution < 1.29 is 0 Å². The third-order valence-electron chi connectivity index (χ3n) is 4.29. The molecule has 4 nitrogen and oxygen atoms in total. The number of aryl methyl sites for hydroxylation is 1. The standard InChI is InChI=1S/C15H26N4/c1-4-12-18-13(16)11(2)14(19-12)17-10-15(3)8-6-5-7-9-15/h4-10H2,1-3H3,(H3,16,17,18,19). The van der Waals surface area contributed by atoms with E-state index < -0.39 is 0 Å². The summed E-state index contributed by atoms with van der Waals surface area (Å²) in [6, 6.07) is 0. The van der Waals surface area contributed by atoms with Gasteiger partial charge in [0.15, 0.2) is 0 Å². The number of aromatic nitrogens is 2. The summed E-state index contributed by atoms with van der Waals surface area (Å²) in [4.78, 5) is 8.86. The van der Waals surface area contributed by atoms with Gasteiger partial charge in [0, 0.05) is 18.5 Å². The summed E-state index contributed by atoms with van der Waals surface area (Å²) < 4.78 is 0. The Morgan fingerprint density at radius 1 is 1.21 bits per heavy atom. The molecule has 2 rings (SSSR count). The molecule has 19 heavy (non-hydrogen) atoms. The summed E-state index contributed by atoms with van der Waals surface area (Å²) in [5.41, 5.74) is 7.32. The molecule has 106 valence electrons. The first-order valence-corrected chi connectivity index (χ1v) is 7.41. The number of nitrogens with two attached hydrogens (primary N) is 1. The molecule has 1 heterocycles. The first kappa shape index (κ1) is 14.1. The second kappa shape index (κ2) is 5.76. The lowest BCUT2D eigenvalue weighted by molar-refractivity contribution is 0.233. The molecule has 0 bridgehead atoms. The largest absolute Gasteiger partial charge is 0.383 e. The number of nitrogens with one attached hydrogen (secondary N) is 1. The molecule has 0 radical (unpaired) electrons. The summed E-state index contributed by atoms with van der Waals surface area (Å²) >= 11 is 0. The summed E-state index contributed by atoms with van der Waals surface area (Å²) in [5, 5.41) is 3.51. The van der Waals surface area contributed by atoms with Gasteiger partial charge in [-0.25, -0.2) is 9.97 Å². The zero-order valence-corrected chi connectivity index (χ0v) is 12.4. The average Bonchev–Trinajstić information content (AvgIpc) is 2.41. The Labute approximate surface area is 116 Å². The Morgan fingerprint density at radius 2 is 1.89 bits per heavy atom. The van der Waals surface area contributed by atoms with Crippen LogP contribution < -0.4 is 11.1 Å². The molecule has 4 heteroatoms. The third kappa shape index (κ3) is 3.37. The van der Waals surface area contributed by atoms with Crippen LogP contribution in [0.4, 0.5) is 11.6 Å². The highest BCUT2D eigenvalue weighted by Gasteiger charge is 2.26. The lowest BCUT2D eigenvalue weighted by atomic mass is 9.76. The number of nitrogens with zero attached hydrogens (tertiary/aromatic N) is 2. The first-order valence-electron chi connectivity index (χ1n) is 7.41. The maximum absolute atomic E-state index is 5.95. The van der Waals surface area contributed by atoms with E-state index in [-0.39, 0.29) is 0 Å². The second-order valence-electron chi connectivity index (χ2n) is 6.08. The van der Waals surface area contributed by atoms with Crippen molar-refractivity contribution in [3.8, 4) is 0 Å². The highest BCUT2D eigenvalue weighted by molar-refractivity contribution is 5.54. The number of hydrogen-bond acceptors (Lipinski definition) is 4. The van der Waals surface area contributed by atoms with Gasteiger partial charge in [-0.2, -0.15) is 0 Å². The van der Waals surface area contributed by atoms with Crippen LogP contribution in [0.1, 0.15) is 57.3 Å². The SMILES string of the molecule is CCc1nc(N)c(C)c(NCC2(C)CCCCC2)n1. The Balaban J connectivity index is 2.08. The van der Waals surface area contributed by atoms with Crippen LogP contribution in [0, 0.1) is 12.3 Å². The molecule has 0 unspecified atom stereocenters. The molecule has 1 fully saturated rings. The minimum atomic E-state index is 0.400. The number of hydrogen-bond donors (Lipinski definition) is 2. The van der Waals surface area contributed by atoms with E-state index >= 15 is 0 Å². The monoisotopic (exact) mass is 262 g/mol. The van der Waals surface area contributed by atoms with Crippen LogP contribution in [0.25, 0.3) is 0 Å². The zero-order valence-electron chi connectivity index (χ0n) is 12.4. The summed E-state index contributed by atoms with van der Waals surface area (Å²) in [6.45, 7) is 7.39. The van der Waals surface area contributed by atoms with Crippen molar-refractivity contribution >= 4 is 11.6 Å². The Bertz CT molecular complexity index is 436. The Morgan fingerprint density at radius 3 is 2.53 bits per heavy atom. The molecule has 0 aliphatic heterocycles. The lowest BCUT2D eigenvalue weighted by Crippen LogP contribution is -2.29. The molecular formula is C15H26N4. The average molecular weight is 262 g/mol. The van der Waals surface area contributed by atoms with Crippen LogP contribution in [0.5, 0.6) is 0 Å². The van der Waals surface area contributed by atoms with Gasteiger partial charge in [-0.3, -0.25) is 0 Å². The van der Waals surface area contributed by atoms with Crippen molar-refractivity contribution in [3.05, 3.63) is 11.4 Å². The quantitative estimate of drug-likeness (QED) is 0.873. The lowest BCUT2D eigenvalue weighted by Gasteiger charge is -2.34. The van der Waals surface area contributed by atoms with Crippen LogP contribution >= 0.6 is 0 Å². The van der Waals surface area contributed by atoms with E-state index in [1.807, 2.05) is 6.92 Å². The molecule has 1 aliphatic rings. The second-order valence-corrected chi connectivity index (χ2v) is 6.08. The van der Waals surface area contributed by atoms with Gasteiger partial charge in [-0.1, -0.05) is 33.1 Å². The molecule has 0 spiro atoms. The van der Waals surface area contributed by atoms with Gasteiger partial charge in [0.1, 0.15) is 17.5 Å². The predicted octanol–water partition coefficient (Wildman–Crippen LogP) is 3.31. The van der Waals surface area contributed by atoms with E-state index in [0.29, 0.717) is 11.2 Å². The normalized spacial score (nSPS) is 18.3. The Kier molecular flexibility index (Phi) is 4.27. The van der Waals surface area contributed by atoms with Crippen LogP contribution in [-0.4, -0.2) is 16.5 Å². The highest BCUT2D eigenvalue weighted by atomic mass is 15.1. The van der Waals surface area contributed by atoms with E-state index in [0.717, 1.165) is 30.2 Å². The van der Waals surface area contributed by atoms with Gasteiger partial charge < -0.3 is 11.1 Å². The zero-order chi connectivity index (χ0) is 13.9. The smallest absolute Gasteiger partial charge is 0.134 e. The summed E-state index contributed by atoms with van der Waals surface area (Å²) in [7, 11) is 0. The van der Waals surface area contributed by atoms with Gasteiger partial charge in [-0.05, 0) is 25.2 Å². The minimum absolute atomic E-state index is 0.400. The molecule has 1 aromatic rings. The summed E-state index contributed by atoms with van der Waals surface area (Å²) in [5.74, 6) is 2.33.